The van der Waals surface area contributed by atoms with Crippen molar-refractivity contribution in [3.05, 3.63) is 11.8 Å². The minimum Gasteiger partial charge on any atom is -0.382 e. The molecule has 0 unspecified atom stereocenters. The zero-order chi connectivity index (χ0) is 8.27. The number of anilines is 1. The highest BCUT2D eigenvalue weighted by molar-refractivity contribution is 7.98. The molecule has 0 aromatic carbocycles. The molecule has 1 heterocycles. The first-order valence-corrected chi connectivity index (χ1v) is 4.75. The molecule has 1 aromatic rings. The normalized spacial score (nSPS) is 10.4. The van der Waals surface area contributed by atoms with E-state index in [1.165, 1.54) is 5.69 Å². The molecule has 0 saturated heterocycles. The Morgan fingerprint density at radius 2 is 2.45 bits per heavy atom. The van der Waals surface area contributed by atoms with Gasteiger partial charge in [-0.3, -0.25) is 4.68 Å². The van der Waals surface area contributed by atoms with E-state index in [4.69, 9.17) is 5.73 Å². The highest BCUT2D eigenvalue weighted by atomic mass is 32.2. The van der Waals surface area contributed by atoms with E-state index >= 15 is 0 Å². The molecule has 0 radical (unpaired) electrons. The number of aryl methyl sites for hydroxylation is 1. The summed E-state index contributed by atoms with van der Waals surface area (Å²) in [6.45, 7) is 2.14. The van der Waals surface area contributed by atoms with Gasteiger partial charge >= 0.3 is 0 Å². The molecule has 0 fully saturated rings. The number of thioether (sulfide) groups is 1. The molecule has 11 heavy (non-hydrogen) atoms. The first kappa shape index (κ1) is 8.46. The molecule has 0 aliphatic carbocycles. The molecule has 1 aromatic heterocycles. The molecule has 2 N–H and O–H groups in total. The summed E-state index contributed by atoms with van der Waals surface area (Å²) in [7, 11) is 1.92. The van der Waals surface area contributed by atoms with Crippen molar-refractivity contribution in [2.75, 3.05) is 11.5 Å². The van der Waals surface area contributed by atoms with Crippen molar-refractivity contribution >= 4 is 17.6 Å². The lowest BCUT2D eigenvalue weighted by Crippen LogP contribution is -1.96. The Morgan fingerprint density at radius 3 is 2.91 bits per heavy atom. The third kappa shape index (κ3) is 2.15. The fraction of sp³-hybridized carbons (Fsp3) is 0.571. The highest BCUT2D eigenvalue weighted by Gasteiger charge is 2.00. The van der Waals surface area contributed by atoms with Crippen molar-refractivity contribution in [2.24, 2.45) is 7.05 Å². The van der Waals surface area contributed by atoms with Gasteiger partial charge in [-0.15, -0.1) is 0 Å². The number of nitrogens with zero attached hydrogens (tertiary/aromatic N) is 2. The van der Waals surface area contributed by atoms with Gasteiger partial charge in [-0.2, -0.15) is 16.9 Å². The first-order valence-electron chi connectivity index (χ1n) is 3.60. The number of hydrogen-bond acceptors (Lipinski definition) is 3. The van der Waals surface area contributed by atoms with Crippen LogP contribution in [0.1, 0.15) is 12.6 Å². The van der Waals surface area contributed by atoms with Crippen molar-refractivity contribution in [3.63, 3.8) is 0 Å². The summed E-state index contributed by atoms with van der Waals surface area (Å²) in [5, 5.41) is 4.05. The number of nitrogens with two attached hydrogens (primary N) is 1. The number of rotatable bonds is 3. The number of hydrogen-bond donors (Lipinski definition) is 1. The Bertz CT molecular complexity index is 232. The van der Waals surface area contributed by atoms with Crippen molar-refractivity contribution in [2.45, 2.75) is 12.7 Å². The van der Waals surface area contributed by atoms with E-state index < -0.39 is 0 Å². The fourth-order valence-electron chi connectivity index (χ4n) is 0.872. The van der Waals surface area contributed by atoms with Crippen LogP contribution < -0.4 is 5.73 Å². The summed E-state index contributed by atoms with van der Waals surface area (Å²) in [5.74, 6) is 2.74. The Hall–Kier alpha value is -0.640. The third-order valence-electron chi connectivity index (χ3n) is 1.45. The maximum atomic E-state index is 5.51. The van der Waals surface area contributed by atoms with Crippen LogP contribution in [0.5, 0.6) is 0 Å². The van der Waals surface area contributed by atoms with Gasteiger partial charge in [-0.1, -0.05) is 6.92 Å². The monoisotopic (exact) mass is 171 g/mol. The van der Waals surface area contributed by atoms with Crippen molar-refractivity contribution in [1.29, 1.82) is 0 Å². The Balaban J connectivity index is 2.62. The third-order valence-corrected chi connectivity index (χ3v) is 2.36. The molecule has 0 atom stereocenters. The lowest BCUT2D eigenvalue weighted by Gasteiger charge is -1.97. The van der Waals surface area contributed by atoms with Crippen molar-refractivity contribution < 1.29 is 0 Å². The SMILES string of the molecule is CCSCc1cc(N)nn1C. The molecule has 0 amide bonds. The van der Waals surface area contributed by atoms with Crippen LogP contribution in [0.15, 0.2) is 6.07 Å². The number of nitrogen functional groups attached to an aromatic ring is 1. The highest BCUT2D eigenvalue weighted by Crippen LogP contribution is 2.12. The summed E-state index contributed by atoms with van der Waals surface area (Å²) in [6.07, 6.45) is 0. The molecule has 0 spiro atoms. The summed E-state index contributed by atoms with van der Waals surface area (Å²) in [5.41, 5.74) is 6.70. The first-order chi connectivity index (χ1) is 5.24. The predicted molar refractivity (Wildman–Crippen MR) is 49.5 cm³/mol. The second-order valence-corrected chi connectivity index (χ2v) is 3.60. The molecule has 0 saturated carbocycles. The molecular weight excluding hydrogens is 158 g/mol. The van der Waals surface area contributed by atoms with E-state index in [9.17, 15) is 0 Å². The van der Waals surface area contributed by atoms with Gasteiger partial charge in [0, 0.05) is 18.9 Å². The van der Waals surface area contributed by atoms with Crippen LogP contribution in [0.4, 0.5) is 5.82 Å². The van der Waals surface area contributed by atoms with E-state index in [2.05, 4.69) is 12.0 Å². The van der Waals surface area contributed by atoms with Crippen LogP contribution in [0, 0.1) is 0 Å². The summed E-state index contributed by atoms with van der Waals surface area (Å²) < 4.78 is 1.83. The van der Waals surface area contributed by atoms with Gasteiger partial charge in [-0.25, -0.2) is 0 Å². The molecule has 4 heteroatoms. The summed E-state index contributed by atoms with van der Waals surface area (Å²) >= 11 is 1.87. The quantitative estimate of drug-likeness (QED) is 0.744. The fourth-order valence-corrected chi connectivity index (χ4v) is 1.56. The average molecular weight is 171 g/mol. The topological polar surface area (TPSA) is 43.8 Å². The Kier molecular flexibility index (Phi) is 2.82. The second kappa shape index (κ2) is 3.67. The molecule has 0 bridgehead atoms. The van der Waals surface area contributed by atoms with Gasteiger partial charge in [0.05, 0.1) is 5.69 Å². The lowest BCUT2D eigenvalue weighted by molar-refractivity contribution is 0.740. The average Bonchev–Trinajstić information content (AvgIpc) is 2.26. The van der Waals surface area contributed by atoms with Gasteiger partial charge < -0.3 is 5.73 Å². The minimum absolute atomic E-state index is 0.610. The second-order valence-electron chi connectivity index (χ2n) is 2.32. The standard InChI is InChI=1S/C7H13N3S/c1-3-11-5-6-4-7(8)9-10(6)2/h4H,3,5H2,1-2H3,(H2,8,9). The van der Waals surface area contributed by atoms with E-state index in [-0.39, 0.29) is 0 Å². The van der Waals surface area contributed by atoms with Gasteiger partial charge in [0.15, 0.2) is 0 Å². The van der Waals surface area contributed by atoms with Crippen LogP contribution in [0.2, 0.25) is 0 Å². The van der Waals surface area contributed by atoms with Gasteiger partial charge in [-0.05, 0) is 5.75 Å². The van der Waals surface area contributed by atoms with Crippen LogP contribution in [0.3, 0.4) is 0 Å². The van der Waals surface area contributed by atoms with Crippen molar-refractivity contribution in [3.8, 4) is 0 Å². The zero-order valence-corrected chi connectivity index (χ0v) is 7.69. The molecule has 3 nitrogen and oxygen atoms in total. The largest absolute Gasteiger partial charge is 0.382 e. The van der Waals surface area contributed by atoms with Crippen LogP contribution in [-0.4, -0.2) is 15.5 Å². The van der Waals surface area contributed by atoms with Crippen molar-refractivity contribution in [1.82, 2.24) is 9.78 Å². The summed E-state index contributed by atoms with van der Waals surface area (Å²) in [6, 6.07) is 1.92. The van der Waals surface area contributed by atoms with E-state index in [0.717, 1.165) is 11.5 Å². The van der Waals surface area contributed by atoms with Gasteiger partial charge in [0.25, 0.3) is 0 Å². The smallest absolute Gasteiger partial charge is 0.145 e. The van der Waals surface area contributed by atoms with Crippen LogP contribution >= 0.6 is 11.8 Å². The minimum atomic E-state index is 0.610. The summed E-state index contributed by atoms with van der Waals surface area (Å²) in [4.78, 5) is 0. The Morgan fingerprint density at radius 1 is 1.73 bits per heavy atom. The zero-order valence-electron chi connectivity index (χ0n) is 6.87. The van der Waals surface area contributed by atoms with Crippen LogP contribution in [-0.2, 0) is 12.8 Å². The maximum Gasteiger partial charge on any atom is 0.145 e. The van der Waals surface area contributed by atoms with Gasteiger partial charge in [0.2, 0.25) is 0 Å². The van der Waals surface area contributed by atoms with Gasteiger partial charge in [0.1, 0.15) is 5.82 Å². The maximum absolute atomic E-state index is 5.51. The van der Waals surface area contributed by atoms with E-state index in [1.54, 1.807) is 0 Å². The molecule has 1 rings (SSSR count). The molecular formula is C7H13N3S. The van der Waals surface area contributed by atoms with E-state index in [1.807, 2.05) is 29.6 Å². The van der Waals surface area contributed by atoms with Crippen LogP contribution in [0.25, 0.3) is 0 Å². The molecule has 0 aliphatic heterocycles. The van der Waals surface area contributed by atoms with E-state index in [0.29, 0.717) is 5.82 Å². The lowest BCUT2D eigenvalue weighted by atomic mass is 10.5. The molecule has 0 aliphatic rings. The number of aromatic nitrogens is 2. The predicted octanol–water partition coefficient (Wildman–Crippen LogP) is 1.26. The molecule has 62 valence electrons. The Labute approximate surface area is 71.0 Å².